The number of imide groups is 1. The number of sulfonamides is 1. The van der Waals surface area contributed by atoms with Gasteiger partial charge < -0.3 is 9.88 Å². The highest BCUT2D eigenvalue weighted by Crippen LogP contribution is 2.13. The first-order valence-corrected chi connectivity index (χ1v) is 8.42. The van der Waals surface area contributed by atoms with Crippen LogP contribution < -0.4 is 16.2 Å². The number of hydrogen-bond acceptors (Lipinski definition) is 5. The minimum atomic E-state index is -3.74. The van der Waals surface area contributed by atoms with E-state index in [4.69, 9.17) is 0 Å². The summed E-state index contributed by atoms with van der Waals surface area (Å²) in [7, 11) is -2.40. The van der Waals surface area contributed by atoms with Gasteiger partial charge in [-0.15, -0.1) is 0 Å². The Kier molecular flexibility index (Phi) is 6.46. The highest BCUT2D eigenvalue weighted by molar-refractivity contribution is 7.89. The molecule has 128 valence electrons. The molecule has 0 aliphatic rings. The number of pyridine rings is 1. The number of hydrogen-bond donors (Lipinski definition) is 2. The van der Waals surface area contributed by atoms with Gasteiger partial charge in [-0.2, -0.15) is 4.31 Å². The van der Waals surface area contributed by atoms with E-state index in [9.17, 15) is 22.8 Å². The van der Waals surface area contributed by atoms with E-state index in [0.29, 0.717) is 0 Å². The Bertz CT molecular complexity index is 737. The van der Waals surface area contributed by atoms with Gasteiger partial charge in [-0.25, -0.2) is 13.2 Å². The number of aromatic nitrogens is 1. The maximum absolute atomic E-state index is 12.4. The highest BCUT2D eigenvalue weighted by atomic mass is 32.2. The van der Waals surface area contributed by atoms with Crippen LogP contribution in [0.15, 0.2) is 28.0 Å². The quantitative estimate of drug-likeness (QED) is 0.710. The summed E-state index contributed by atoms with van der Waals surface area (Å²) in [5, 5.41) is 4.20. The summed E-state index contributed by atoms with van der Waals surface area (Å²) in [6.45, 7) is 3.51. The molecule has 1 heterocycles. The lowest BCUT2D eigenvalue weighted by molar-refractivity contribution is -0.120. The number of rotatable bonds is 6. The first-order valence-electron chi connectivity index (χ1n) is 6.98. The fraction of sp³-hybridized carbons (Fsp3) is 0.462. The third-order valence-electron chi connectivity index (χ3n) is 3.09. The van der Waals surface area contributed by atoms with Gasteiger partial charge in [0.05, 0.1) is 4.90 Å². The number of nitrogens with one attached hydrogen (secondary N) is 2. The van der Waals surface area contributed by atoms with E-state index in [2.05, 4.69) is 5.32 Å². The Morgan fingerprint density at radius 3 is 2.35 bits per heavy atom. The Labute approximate surface area is 134 Å². The van der Waals surface area contributed by atoms with Gasteiger partial charge in [-0.3, -0.25) is 14.9 Å². The third kappa shape index (κ3) is 4.63. The smallest absolute Gasteiger partial charge is 0.321 e. The maximum Gasteiger partial charge on any atom is 0.321 e. The molecule has 0 radical (unpaired) electrons. The van der Waals surface area contributed by atoms with Crippen LogP contribution in [0.4, 0.5) is 4.79 Å². The SMILES string of the molecule is CCN(CC)S(=O)(=O)c1ccc(=O)n(CC(=O)NC(=O)NC)c1. The monoisotopic (exact) mass is 344 g/mol. The summed E-state index contributed by atoms with van der Waals surface area (Å²) in [5.41, 5.74) is -0.546. The molecule has 0 aliphatic carbocycles. The molecule has 0 saturated heterocycles. The van der Waals surface area contributed by atoms with Crippen molar-refractivity contribution in [2.45, 2.75) is 25.3 Å². The van der Waals surface area contributed by atoms with Crippen LogP contribution in [0.5, 0.6) is 0 Å². The summed E-state index contributed by atoms with van der Waals surface area (Å²) in [5.74, 6) is -0.733. The van der Waals surface area contributed by atoms with Crippen LogP contribution in [-0.4, -0.2) is 49.4 Å². The Hall–Kier alpha value is -2.20. The molecule has 0 fully saturated rings. The fourth-order valence-corrected chi connectivity index (χ4v) is 3.36. The van der Waals surface area contributed by atoms with E-state index < -0.39 is 34.1 Å². The van der Waals surface area contributed by atoms with Gasteiger partial charge in [0.2, 0.25) is 15.9 Å². The number of carbonyl (C=O) groups excluding carboxylic acids is 2. The van der Waals surface area contributed by atoms with Crippen molar-refractivity contribution >= 4 is 22.0 Å². The van der Waals surface area contributed by atoms with Gasteiger partial charge in [0.25, 0.3) is 5.56 Å². The number of nitrogens with zero attached hydrogens (tertiary/aromatic N) is 2. The number of amides is 3. The highest BCUT2D eigenvalue weighted by Gasteiger charge is 2.22. The van der Waals surface area contributed by atoms with Gasteiger partial charge >= 0.3 is 6.03 Å². The molecule has 0 saturated carbocycles. The van der Waals surface area contributed by atoms with Gasteiger partial charge in [-0.1, -0.05) is 13.8 Å². The van der Waals surface area contributed by atoms with Crippen LogP contribution in [0, 0.1) is 0 Å². The van der Waals surface area contributed by atoms with Crippen molar-refractivity contribution in [2.24, 2.45) is 0 Å². The van der Waals surface area contributed by atoms with E-state index in [-0.39, 0.29) is 18.0 Å². The normalized spacial score (nSPS) is 11.3. The zero-order valence-electron chi connectivity index (χ0n) is 13.2. The van der Waals surface area contributed by atoms with Crippen molar-refractivity contribution in [1.29, 1.82) is 0 Å². The van der Waals surface area contributed by atoms with Crippen molar-refractivity contribution in [3.63, 3.8) is 0 Å². The van der Waals surface area contributed by atoms with E-state index in [0.717, 1.165) is 16.8 Å². The van der Waals surface area contributed by atoms with E-state index in [1.165, 1.54) is 17.4 Å². The minimum Gasteiger partial charge on any atom is -0.341 e. The Morgan fingerprint density at radius 2 is 1.83 bits per heavy atom. The molecule has 0 aromatic carbocycles. The molecule has 3 amide bonds. The molecule has 10 heteroatoms. The van der Waals surface area contributed by atoms with E-state index in [1.807, 2.05) is 5.32 Å². The largest absolute Gasteiger partial charge is 0.341 e. The fourth-order valence-electron chi connectivity index (χ4n) is 1.88. The number of carbonyl (C=O) groups is 2. The first kappa shape index (κ1) is 18.8. The summed E-state index contributed by atoms with van der Waals surface area (Å²) < 4.78 is 27.0. The molecule has 0 bridgehead atoms. The molecular weight excluding hydrogens is 324 g/mol. The number of urea groups is 1. The van der Waals surface area contributed by atoms with Crippen LogP contribution in [-0.2, 0) is 21.4 Å². The summed E-state index contributed by atoms with van der Waals surface area (Å²) in [4.78, 5) is 34.4. The lowest BCUT2D eigenvalue weighted by Crippen LogP contribution is -2.40. The van der Waals surface area contributed by atoms with Gasteiger partial charge in [0, 0.05) is 32.4 Å². The van der Waals surface area contributed by atoms with Gasteiger partial charge in [0.1, 0.15) is 6.54 Å². The van der Waals surface area contributed by atoms with Crippen molar-refractivity contribution in [3.05, 3.63) is 28.7 Å². The second-order valence-corrected chi connectivity index (χ2v) is 6.49. The molecule has 1 aromatic heterocycles. The molecule has 1 rings (SSSR count). The lowest BCUT2D eigenvalue weighted by Gasteiger charge is -2.18. The van der Waals surface area contributed by atoms with Crippen molar-refractivity contribution in [3.8, 4) is 0 Å². The molecule has 0 atom stereocenters. The predicted octanol–water partition coefficient (Wildman–Crippen LogP) is -0.666. The minimum absolute atomic E-state index is 0.0893. The third-order valence-corrected chi connectivity index (χ3v) is 5.13. The van der Waals surface area contributed by atoms with Crippen molar-refractivity contribution in [2.75, 3.05) is 20.1 Å². The van der Waals surface area contributed by atoms with Crippen LogP contribution in [0.25, 0.3) is 0 Å². The summed E-state index contributed by atoms with van der Waals surface area (Å²) in [6.07, 6.45) is 1.10. The average Bonchev–Trinajstić information content (AvgIpc) is 2.50. The zero-order valence-corrected chi connectivity index (χ0v) is 14.0. The standard InChI is InChI=1S/C13H20N4O5S/c1-4-17(5-2)23(21,22)10-6-7-12(19)16(8-10)9-11(18)15-13(20)14-3/h6-8H,4-5,9H2,1-3H3,(H2,14,15,18,20). The second kappa shape index (κ2) is 7.88. The first-order chi connectivity index (χ1) is 10.8. The summed E-state index contributed by atoms with van der Waals surface area (Å²) in [6, 6.07) is 1.56. The van der Waals surface area contributed by atoms with E-state index in [1.54, 1.807) is 13.8 Å². The molecule has 0 spiro atoms. The summed E-state index contributed by atoms with van der Waals surface area (Å²) >= 11 is 0. The van der Waals surface area contributed by atoms with Crippen molar-refractivity contribution in [1.82, 2.24) is 19.5 Å². The van der Waals surface area contributed by atoms with Crippen molar-refractivity contribution < 1.29 is 18.0 Å². The molecule has 2 N–H and O–H groups in total. The Balaban J connectivity index is 3.11. The van der Waals surface area contributed by atoms with E-state index >= 15 is 0 Å². The topological polar surface area (TPSA) is 118 Å². The molecule has 0 unspecified atom stereocenters. The molecule has 0 aliphatic heterocycles. The molecule has 23 heavy (non-hydrogen) atoms. The predicted molar refractivity (Wildman–Crippen MR) is 83.4 cm³/mol. The van der Waals surface area contributed by atoms with Crippen LogP contribution in [0.3, 0.4) is 0 Å². The lowest BCUT2D eigenvalue weighted by atomic mass is 10.4. The maximum atomic E-state index is 12.4. The van der Waals surface area contributed by atoms with Gasteiger partial charge in [-0.05, 0) is 6.07 Å². The zero-order chi connectivity index (χ0) is 17.6. The second-order valence-electron chi connectivity index (χ2n) is 4.55. The molecule has 9 nitrogen and oxygen atoms in total. The van der Waals surface area contributed by atoms with Crippen LogP contribution in [0.1, 0.15) is 13.8 Å². The van der Waals surface area contributed by atoms with Crippen LogP contribution in [0.2, 0.25) is 0 Å². The molecule has 1 aromatic rings. The Morgan fingerprint density at radius 1 is 1.22 bits per heavy atom. The molecular formula is C13H20N4O5S. The van der Waals surface area contributed by atoms with Crippen LogP contribution >= 0.6 is 0 Å². The average molecular weight is 344 g/mol. The van der Waals surface area contributed by atoms with Gasteiger partial charge in [0.15, 0.2) is 0 Å².